The zero-order valence-corrected chi connectivity index (χ0v) is 14.3. The third-order valence-corrected chi connectivity index (χ3v) is 4.34. The number of hydrogen-bond donors (Lipinski definition) is 0. The average molecular weight is 384 g/mol. The molecule has 0 aliphatic carbocycles. The lowest BCUT2D eigenvalue weighted by molar-refractivity contribution is -0.0498. The SMILES string of the molecule is CS(=O)(=O)c1cccc(C(=O)OCC(=O)c2ccc(OC(F)F)cc2)c1. The maximum atomic E-state index is 12.1. The molecule has 0 saturated heterocycles. The first-order valence-electron chi connectivity index (χ1n) is 7.22. The number of halogens is 2. The van der Waals surface area contributed by atoms with E-state index in [1.165, 1.54) is 42.5 Å². The fourth-order valence-electron chi connectivity index (χ4n) is 1.97. The number of sulfone groups is 1. The van der Waals surface area contributed by atoms with Gasteiger partial charge >= 0.3 is 12.6 Å². The average Bonchev–Trinajstić information content (AvgIpc) is 2.59. The van der Waals surface area contributed by atoms with Gasteiger partial charge in [-0.05, 0) is 42.5 Å². The minimum atomic E-state index is -3.49. The first kappa shape index (κ1) is 19.5. The van der Waals surface area contributed by atoms with Crippen molar-refractivity contribution in [3.8, 4) is 5.75 Å². The van der Waals surface area contributed by atoms with Crippen LogP contribution in [0.25, 0.3) is 0 Å². The van der Waals surface area contributed by atoms with Gasteiger partial charge in [-0.15, -0.1) is 0 Å². The molecule has 0 amide bonds. The predicted molar refractivity (Wildman–Crippen MR) is 87.2 cm³/mol. The summed E-state index contributed by atoms with van der Waals surface area (Å²) >= 11 is 0. The molecule has 0 bridgehead atoms. The normalized spacial score (nSPS) is 11.2. The summed E-state index contributed by atoms with van der Waals surface area (Å²) in [6, 6.07) is 10.1. The summed E-state index contributed by atoms with van der Waals surface area (Å²) in [7, 11) is -3.49. The molecule has 0 spiro atoms. The van der Waals surface area contributed by atoms with E-state index in [1.54, 1.807) is 0 Å². The fourth-order valence-corrected chi connectivity index (χ4v) is 2.64. The van der Waals surface area contributed by atoms with E-state index in [0.717, 1.165) is 12.3 Å². The molecule has 0 N–H and O–H groups in total. The second kappa shape index (κ2) is 8.05. The Bertz CT molecular complexity index is 907. The van der Waals surface area contributed by atoms with Gasteiger partial charge in [0, 0.05) is 11.8 Å². The van der Waals surface area contributed by atoms with Gasteiger partial charge in [-0.3, -0.25) is 4.79 Å². The van der Waals surface area contributed by atoms with Crippen molar-refractivity contribution in [2.45, 2.75) is 11.5 Å². The molecule has 2 rings (SSSR count). The van der Waals surface area contributed by atoms with E-state index < -0.39 is 34.8 Å². The Morgan fingerprint density at radius 1 is 1.04 bits per heavy atom. The van der Waals surface area contributed by atoms with Crippen molar-refractivity contribution in [1.82, 2.24) is 0 Å². The van der Waals surface area contributed by atoms with E-state index in [0.29, 0.717) is 0 Å². The molecule has 0 unspecified atom stereocenters. The van der Waals surface area contributed by atoms with Gasteiger partial charge in [0.15, 0.2) is 22.2 Å². The summed E-state index contributed by atoms with van der Waals surface area (Å²) in [5.41, 5.74) is 0.130. The second-order valence-corrected chi connectivity index (χ2v) is 7.22. The van der Waals surface area contributed by atoms with Crippen LogP contribution in [0.15, 0.2) is 53.4 Å². The highest BCUT2D eigenvalue weighted by Crippen LogP contribution is 2.16. The Labute approximate surface area is 148 Å². The van der Waals surface area contributed by atoms with Gasteiger partial charge in [-0.2, -0.15) is 8.78 Å². The highest BCUT2D eigenvalue weighted by molar-refractivity contribution is 7.90. The number of Topliss-reactive ketones (excluding diaryl/α,β-unsaturated/α-hetero) is 1. The molecule has 26 heavy (non-hydrogen) atoms. The highest BCUT2D eigenvalue weighted by Gasteiger charge is 2.15. The summed E-state index contributed by atoms with van der Waals surface area (Å²) in [5, 5.41) is 0. The summed E-state index contributed by atoms with van der Waals surface area (Å²) in [6.45, 7) is -3.56. The fraction of sp³-hybridized carbons (Fsp3) is 0.176. The third kappa shape index (κ3) is 5.35. The Morgan fingerprint density at radius 3 is 2.27 bits per heavy atom. The smallest absolute Gasteiger partial charge is 0.387 e. The van der Waals surface area contributed by atoms with Gasteiger partial charge in [-0.1, -0.05) is 6.07 Å². The molecule has 0 atom stereocenters. The van der Waals surface area contributed by atoms with Crippen LogP contribution in [-0.4, -0.2) is 39.6 Å². The lowest BCUT2D eigenvalue weighted by Crippen LogP contribution is -2.14. The number of rotatable bonds is 7. The van der Waals surface area contributed by atoms with Crippen LogP contribution in [0.5, 0.6) is 5.75 Å². The first-order chi connectivity index (χ1) is 12.2. The molecule has 0 radical (unpaired) electrons. The highest BCUT2D eigenvalue weighted by atomic mass is 32.2. The standard InChI is InChI=1S/C17H14F2O6S/c1-26(22,23)14-4-2-3-12(9-14)16(21)24-10-15(20)11-5-7-13(8-6-11)25-17(18)19/h2-9,17H,10H2,1H3. The van der Waals surface area contributed by atoms with Crippen molar-refractivity contribution < 1.29 is 36.3 Å². The van der Waals surface area contributed by atoms with Crippen LogP contribution in [0.4, 0.5) is 8.78 Å². The van der Waals surface area contributed by atoms with Gasteiger partial charge in [0.05, 0.1) is 10.5 Å². The zero-order valence-electron chi connectivity index (χ0n) is 13.5. The van der Waals surface area contributed by atoms with Crippen molar-refractivity contribution >= 4 is 21.6 Å². The van der Waals surface area contributed by atoms with E-state index in [-0.39, 0.29) is 21.8 Å². The number of esters is 1. The van der Waals surface area contributed by atoms with Gasteiger partial charge < -0.3 is 9.47 Å². The third-order valence-electron chi connectivity index (χ3n) is 3.23. The molecule has 2 aromatic carbocycles. The van der Waals surface area contributed by atoms with E-state index in [4.69, 9.17) is 4.74 Å². The van der Waals surface area contributed by atoms with Crippen LogP contribution in [0, 0.1) is 0 Å². The quantitative estimate of drug-likeness (QED) is 0.539. The molecule has 0 heterocycles. The Morgan fingerprint density at radius 2 is 1.69 bits per heavy atom. The lowest BCUT2D eigenvalue weighted by atomic mass is 10.1. The van der Waals surface area contributed by atoms with Crippen molar-refractivity contribution in [2.75, 3.05) is 12.9 Å². The Hall–Kier alpha value is -2.81. The molecule has 6 nitrogen and oxygen atoms in total. The minimum absolute atomic E-state index is 0.0126. The molecule has 138 valence electrons. The maximum absolute atomic E-state index is 12.1. The molecule has 0 aliphatic rings. The lowest BCUT2D eigenvalue weighted by Gasteiger charge is -2.07. The van der Waals surface area contributed by atoms with Crippen LogP contribution in [0.2, 0.25) is 0 Å². The van der Waals surface area contributed by atoms with Crippen LogP contribution in [-0.2, 0) is 14.6 Å². The molecule has 0 aromatic heterocycles. The Kier molecular flexibility index (Phi) is 6.04. The monoisotopic (exact) mass is 384 g/mol. The topological polar surface area (TPSA) is 86.7 Å². The number of hydrogen-bond acceptors (Lipinski definition) is 6. The van der Waals surface area contributed by atoms with E-state index in [9.17, 15) is 26.8 Å². The zero-order chi connectivity index (χ0) is 19.3. The number of benzene rings is 2. The van der Waals surface area contributed by atoms with Crippen molar-refractivity contribution in [3.63, 3.8) is 0 Å². The second-order valence-electron chi connectivity index (χ2n) is 5.20. The molecular formula is C17H14F2O6S. The summed E-state index contributed by atoms with van der Waals surface area (Å²) in [6.07, 6.45) is 1.00. The maximum Gasteiger partial charge on any atom is 0.387 e. The van der Waals surface area contributed by atoms with Crippen molar-refractivity contribution in [2.24, 2.45) is 0 Å². The van der Waals surface area contributed by atoms with Crippen LogP contribution >= 0.6 is 0 Å². The summed E-state index contributed by atoms with van der Waals surface area (Å²) in [4.78, 5) is 23.9. The Balaban J connectivity index is 2.00. The molecule has 9 heteroatoms. The number of carbonyl (C=O) groups excluding carboxylic acids is 2. The number of ketones is 1. The molecule has 0 aliphatic heterocycles. The largest absolute Gasteiger partial charge is 0.454 e. The van der Waals surface area contributed by atoms with Crippen molar-refractivity contribution in [3.05, 3.63) is 59.7 Å². The van der Waals surface area contributed by atoms with Crippen LogP contribution in [0.1, 0.15) is 20.7 Å². The molecule has 2 aromatic rings. The summed E-state index contributed by atoms with van der Waals surface area (Å²) < 4.78 is 56.2. The van der Waals surface area contributed by atoms with Crippen molar-refractivity contribution in [1.29, 1.82) is 0 Å². The minimum Gasteiger partial charge on any atom is -0.454 e. The van der Waals surface area contributed by atoms with E-state index >= 15 is 0 Å². The first-order valence-corrected chi connectivity index (χ1v) is 9.11. The molecule has 0 fully saturated rings. The van der Waals surface area contributed by atoms with Gasteiger partial charge in [-0.25, -0.2) is 13.2 Å². The molecular weight excluding hydrogens is 370 g/mol. The number of ether oxygens (including phenoxy) is 2. The van der Waals surface area contributed by atoms with Gasteiger partial charge in [0.1, 0.15) is 5.75 Å². The van der Waals surface area contributed by atoms with Gasteiger partial charge in [0.2, 0.25) is 0 Å². The van der Waals surface area contributed by atoms with Crippen LogP contribution < -0.4 is 4.74 Å². The van der Waals surface area contributed by atoms with E-state index in [1.807, 2.05) is 0 Å². The molecule has 0 saturated carbocycles. The summed E-state index contributed by atoms with van der Waals surface area (Å²) in [5.74, 6) is -1.52. The van der Waals surface area contributed by atoms with Gasteiger partial charge in [0.25, 0.3) is 0 Å². The number of carbonyl (C=O) groups is 2. The number of alkyl halides is 2. The van der Waals surface area contributed by atoms with E-state index in [2.05, 4.69) is 4.74 Å². The van der Waals surface area contributed by atoms with Crippen LogP contribution in [0.3, 0.4) is 0 Å². The predicted octanol–water partition coefficient (Wildman–Crippen LogP) is 2.73.